The first-order valence-corrected chi connectivity index (χ1v) is 7.14. The van der Waals surface area contributed by atoms with Gasteiger partial charge in [-0.15, -0.1) is 0 Å². The Morgan fingerprint density at radius 1 is 1.25 bits per heavy atom. The second-order valence-electron chi connectivity index (χ2n) is 6.17. The molecule has 3 unspecified atom stereocenters. The van der Waals surface area contributed by atoms with Gasteiger partial charge in [-0.05, 0) is 70.4 Å². The van der Waals surface area contributed by atoms with Gasteiger partial charge in [-0.1, -0.05) is 6.42 Å². The third-order valence-corrected chi connectivity index (χ3v) is 4.73. The van der Waals surface area contributed by atoms with Crippen LogP contribution in [0.2, 0.25) is 0 Å². The summed E-state index contributed by atoms with van der Waals surface area (Å²) in [4.78, 5) is 2.65. The van der Waals surface area contributed by atoms with Crippen molar-refractivity contribution in [3.8, 4) is 0 Å². The molecule has 16 heavy (non-hydrogen) atoms. The van der Waals surface area contributed by atoms with Crippen LogP contribution in [0.1, 0.15) is 46.0 Å². The first-order chi connectivity index (χ1) is 7.70. The minimum Gasteiger partial charge on any atom is -0.330 e. The molecule has 2 heteroatoms. The molecule has 0 spiro atoms. The highest BCUT2D eigenvalue weighted by atomic mass is 15.1. The molecule has 0 saturated heterocycles. The second kappa shape index (κ2) is 5.50. The average Bonchev–Trinajstić information content (AvgIpc) is 2.85. The zero-order chi connectivity index (χ0) is 11.5. The number of hydrogen-bond donors (Lipinski definition) is 1. The van der Waals surface area contributed by atoms with Gasteiger partial charge in [-0.25, -0.2) is 0 Å². The molecule has 2 aliphatic rings. The van der Waals surface area contributed by atoms with E-state index < -0.39 is 0 Å². The van der Waals surface area contributed by atoms with E-state index in [4.69, 9.17) is 5.73 Å². The molecule has 0 amide bonds. The van der Waals surface area contributed by atoms with Crippen LogP contribution in [0.4, 0.5) is 0 Å². The lowest BCUT2D eigenvalue weighted by Crippen LogP contribution is -2.38. The Kier molecular flexibility index (Phi) is 4.26. The van der Waals surface area contributed by atoms with Crippen molar-refractivity contribution in [2.45, 2.75) is 52.0 Å². The maximum atomic E-state index is 5.62. The van der Waals surface area contributed by atoms with Crippen LogP contribution in [0.5, 0.6) is 0 Å². The highest BCUT2D eigenvalue weighted by molar-refractivity contribution is 4.91. The predicted molar refractivity (Wildman–Crippen MR) is 69.3 cm³/mol. The van der Waals surface area contributed by atoms with Crippen molar-refractivity contribution < 1.29 is 0 Å². The smallest absolute Gasteiger partial charge is 0.00387 e. The molecule has 2 aliphatic carbocycles. The normalized spacial score (nSPS) is 33.2. The summed E-state index contributed by atoms with van der Waals surface area (Å²) in [6.45, 7) is 8.01. The zero-order valence-corrected chi connectivity index (χ0v) is 11.0. The Labute approximate surface area is 101 Å². The van der Waals surface area contributed by atoms with Crippen molar-refractivity contribution in [2.24, 2.45) is 23.5 Å². The van der Waals surface area contributed by atoms with E-state index in [-0.39, 0.29) is 0 Å². The molecule has 2 bridgehead atoms. The fourth-order valence-electron chi connectivity index (χ4n) is 3.76. The van der Waals surface area contributed by atoms with Gasteiger partial charge in [0.1, 0.15) is 0 Å². The topological polar surface area (TPSA) is 29.3 Å². The van der Waals surface area contributed by atoms with E-state index >= 15 is 0 Å². The highest BCUT2D eigenvalue weighted by Gasteiger charge is 2.39. The van der Waals surface area contributed by atoms with Crippen LogP contribution in [0.15, 0.2) is 0 Å². The van der Waals surface area contributed by atoms with Crippen LogP contribution >= 0.6 is 0 Å². The van der Waals surface area contributed by atoms with Crippen LogP contribution in [0.25, 0.3) is 0 Å². The molecular formula is C14H28N2. The van der Waals surface area contributed by atoms with E-state index in [0.717, 1.165) is 30.7 Å². The third-order valence-electron chi connectivity index (χ3n) is 4.73. The third kappa shape index (κ3) is 2.78. The maximum Gasteiger partial charge on any atom is 0.00387 e. The number of rotatable bonds is 6. The van der Waals surface area contributed by atoms with Gasteiger partial charge in [0.15, 0.2) is 0 Å². The van der Waals surface area contributed by atoms with Crippen LogP contribution < -0.4 is 5.73 Å². The van der Waals surface area contributed by atoms with E-state index in [1.54, 1.807) is 0 Å². The Morgan fingerprint density at radius 2 is 2.06 bits per heavy atom. The lowest BCUT2D eigenvalue weighted by molar-refractivity contribution is 0.156. The summed E-state index contributed by atoms with van der Waals surface area (Å²) in [5, 5.41) is 0. The van der Waals surface area contributed by atoms with Crippen LogP contribution in [0, 0.1) is 17.8 Å². The Hall–Kier alpha value is -0.0800. The van der Waals surface area contributed by atoms with Crippen LogP contribution in [-0.2, 0) is 0 Å². The van der Waals surface area contributed by atoms with Crippen molar-refractivity contribution >= 4 is 0 Å². The van der Waals surface area contributed by atoms with Gasteiger partial charge in [0.05, 0.1) is 0 Å². The van der Waals surface area contributed by atoms with Gasteiger partial charge in [0.2, 0.25) is 0 Å². The Balaban J connectivity index is 1.81. The van der Waals surface area contributed by atoms with Crippen molar-refractivity contribution in [1.82, 2.24) is 4.90 Å². The second-order valence-corrected chi connectivity index (χ2v) is 6.17. The quantitative estimate of drug-likeness (QED) is 0.751. The fourth-order valence-corrected chi connectivity index (χ4v) is 3.76. The van der Waals surface area contributed by atoms with Gasteiger partial charge < -0.3 is 10.6 Å². The standard InChI is InChI=1S/C14H28N2/c1-11(2)16(7-3-6-15)10-14-9-12-4-5-13(14)8-12/h11-14H,3-10,15H2,1-2H3. The number of hydrogen-bond acceptors (Lipinski definition) is 2. The SMILES string of the molecule is CC(C)N(CCCN)CC1CC2CCC1C2. The van der Waals surface area contributed by atoms with Crippen LogP contribution in [-0.4, -0.2) is 30.6 Å². The molecule has 0 aliphatic heterocycles. The van der Waals surface area contributed by atoms with Gasteiger partial charge in [-0.2, -0.15) is 0 Å². The molecule has 2 nitrogen and oxygen atoms in total. The maximum absolute atomic E-state index is 5.62. The molecule has 0 heterocycles. The van der Waals surface area contributed by atoms with Crippen molar-refractivity contribution in [3.63, 3.8) is 0 Å². The van der Waals surface area contributed by atoms with E-state index in [0.29, 0.717) is 6.04 Å². The molecule has 2 saturated carbocycles. The lowest BCUT2D eigenvalue weighted by Gasteiger charge is -2.32. The minimum absolute atomic E-state index is 0.686. The summed E-state index contributed by atoms with van der Waals surface area (Å²) < 4.78 is 0. The number of nitrogens with two attached hydrogens (primary N) is 1. The van der Waals surface area contributed by atoms with Crippen molar-refractivity contribution in [1.29, 1.82) is 0 Å². The lowest BCUT2D eigenvalue weighted by atomic mass is 9.88. The monoisotopic (exact) mass is 224 g/mol. The molecule has 2 fully saturated rings. The molecule has 0 aromatic heterocycles. The first-order valence-electron chi connectivity index (χ1n) is 7.14. The predicted octanol–water partition coefficient (Wildman–Crippen LogP) is 2.48. The molecule has 0 radical (unpaired) electrons. The molecule has 3 atom stereocenters. The first kappa shape index (κ1) is 12.4. The summed E-state index contributed by atoms with van der Waals surface area (Å²) in [6.07, 6.45) is 7.23. The molecule has 2 N–H and O–H groups in total. The number of nitrogens with zero attached hydrogens (tertiary/aromatic N) is 1. The van der Waals surface area contributed by atoms with Crippen LogP contribution in [0.3, 0.4) is 0 Å². The van der Waals surface area contributed by atoms with Crippen molar-refractivity contribution in [2.75, 3.05) is 19.6 Å². The van der Waals surface area contributed by atoms with E-state index in [2.05, 4.69) is 18.7 Å². The van der Waals surface area contributed by atoms with E-state index in [9.17, 15) is 0 Å². The van der Waals surface area contributed by atoms with Gasteiger partial charge in [-0.3, -0.25) is 0 Å². The molecular weight excluding hydrogens is 196 g/mol. The van der Waals surface area contributed by atoms with Gasteiger partial charge in [0.25, 0.3) is 0 Å². The van der Waals surface area contributed by atoms with Gasteiger partial charge in [0, 0.05) is 12.6 Å². The Bertz CT molecular complexity index is 215. The highest BCUT2D eigenvalue weighted by Crippen LogP contribution is 2.48. The van der Waals surface area contributed by atoms with Gasteiger partial charge >= 0.3 is 0 Å². The molecule has 2 rings (SSSR count). The summed E-state index contributed by atoms with van der Waals surface area (Å²) >= 11 is 0. The fraction of sp³-hybridized carbons (Fsp3) is 1.00. The number of fused-ring (bicyclic) bond motifs is 2. The largest absolute Gasteiger partial charge is 0.330 e. The Morgan fingerprint density at radius 3 is 2.56 bits per heavy atom. The zero-order valence-electron chi connectivity index (χ0n) is 11.0. The average molecular weight is 224 g/mol. The van der Waals surface area contributed by atoms with Crippen molar-refractivity contribution in [3.05, 3.63) is 0 Å². The molecule has 0 aromatic carbocycles. The summed E-state index contributed by atoms with van der Waals surface area (Å²) in [5.41, 5.74) is 5.62. The molecule has 94 valence electrons. The summed E-state index contributed by atoms with van der Waals surface area (Å²) in [7, 11) is 0. The molecule has 0 aromatic rings. The van der Waals surface area contributed by atoms with E-state index in [1.807, 2.05) is 0 Å². The minimum atomic E-state index is 0.686. The van der Waals surface area contributed by atoms with E-state index in [1.165, 1.54) is 38.8 Å². The summed E-state index contributed by atoms with van der Waals surface area (Å²) in [5.74, 6) is 3.14. The summed E-state index contributed by atoms with van der Waals surface area (Å²) in [6, 6.07) is 0.686.